The molecule has 0 fully saturated rings. The van der Waals surface area contributed by atoms with Crippen molar-refractivity contribution in [1.82, 2.24) is 9.78 Å². The van der Waals surface area contributed by atoms with E-state index >= 15 is 0 Å². The van der Waals surface area contributed by atoms with Crippen LogP contribution in [0.1, 0.15) is 17.2 Å². The van der Waals surface area contributed by atoms with Crippen LogP contribution in [0.4, 0.5) is 5.82 Å². The Morgan fingerprint density at radius 3 is 2.74 bits per heavy atom. The number of para-hydroxylation sites is 2. The molecule has 0 amide bonds. The summed E-state index contributed by atoms with van der Waals surface area (Å²) in [5.74, 6) is 1.66. The van der Waals surface area contributed by atoms with Crippen molar-refractivity contribution in [1.29, 1.82) is 0 Å². The highest BCUT2D eigenvalue weighted by atomic mass is 32.2. The molecule has 1 atom stereocenters. The van der Waals surface area contributed by atoms with E-state index in [9.17, 15) is 0 Å². The number of nitrogen functional groups attached to an aromatic ring is 1. The molecule has 2 N–H and O–H groups in total. The van der Waals surface area contributed by atoms with Gasteiger partial charge in [-0.15, -0.1) is 11.8 Å². The number of benzene rings is 2. The fraction of sp³-hybridized carbons (Fsp3) is 0.167. The number of aromatic nitrogens is 2. The smallest absolute Gasteiger partial charge is 0.140 e. The van der Waals surface area contributed by atoms with Gasteiger partial charge in [0, 0.05) is 10.8 Å². The van der Waals surface area contributed by atoms with E-state index in [1.807, 2.05) is 48.7 Å². The minimum Gasteiger partial charge on any atom is -0.493 e. The van der Waals surface area contributed by atoms with Crippen LogP contribution in [0.5, 0.6) is 5.75 Å². The SMILES string of the molecule is Nc1c(SC2CCOc3ccccc32)cnn1-c1ccccc1. The summed E-state index contributed by atoms with van der Waals surface area (Å²) < 4.78 is 7.52. The zero-order valence-corrected chi connectivity index (χ0v) is 13.4. The average Bonchev–Trinajstić information content (AvgIpc) is 2.97. The Hall–Kier alpha value is -2.40. The highest BCUT2D eigenvalue weighted by molar-refractivity contribution is 7.99. The number of nitrogens with zero attached hydrogens (tertiary/aromatic N) is 2. The molecule has 4 rings (SSSR count). The minimum atomic E-state index is 0.343. The molecular weight excluding hydrogens is 306 g/mol. The summed E-state index contributed by atoms with van der Waals surface area (Å²) in [7, 11) is 0. The Kier molecular flexibility index (Phi) is 3.71. The summed E-state index contributed by atoms with van der Waals surface area (Å²) in [5.41, 5.74) is 8.53. The zero-order valence-electron chi connectivity index (χ0n) is 12.6. The normalized spacial score (nSPS) is 16.6. The van der Waals surface area contributed by atoms with Gasteiger partial charge in [-0.3, -0.25) is 0 Å². The van der Waals surface area contributed by atoms with Crippen molar-refractivity contribution in [2.24, 2.45) is 0 Å². The summed E-state index contributed by atoms with van der Waals surface area (Å²) >= 11 is 1.76. The van der Waals surface area contributed by atoms with Crippen molar-refractivity contribution in [3.8, 4) is 11.4 Å². The van der Waals surface area contributed by atoms with E-state index in [1.165, 1.54) is 5.56 Å². The predicted octanol–water partition coefficient (Wildman–Crippen LogP) is 4.07. The number of rotatable bonds is 3. The molecule has 1 aromatic heterocycles. The fourth-order valence-corrected chi connectivity index (χ4v) is 3.95. The Morgan fingerprint density at radius 1 is 1.09 bits per heavy atom. The minimum absolute atomic E-state index is 0.343. The molecule has 0 aliphatic carbocycles. The molecule has 3 aromatic rings. The van der Waals surface area contributed by atoms with Gasteiger partial charge in [0.1, 0.15) is 11.6 Å². The number of anilines is 1. The lowest BCUT2D eigenvalue weighted by Gasteiger charge is -2.25. The summed E-state index contributed by atoms with van der Waals surface area (Å²) in [6, 6.07) is 18.2. The van der Waals surface area contributed by atoms with Gasteiger partial charge in [-0.05, 0) is 24.6 Å². The molecule has 23 heavy (non-hydrogen) atoms. The second kappa shape index (κ2) is 6.01. The Labute approximate surface area is 139 Å². The maximum atomic E-state index is 6.32. The summed E-state index contributed by atoms with van der Waals surface area (Å²) in [5, 5.41) is 4.79. The maximum Gasteiger partial charge on any atom is 0.140 e. The third kappa shape index (κ3) is 2.68. The monoisotopic (exact) mass is 323 g/mol. The fourth-order valence-electron chi connectivity index (χ4n) is 2.79. The van der Waals surface area contributed by atoms with E-state index in [-0.39, 0.29) is 0 Å². The Bertz CT molecular complexity index is 816. The van der Waals surface area contributed by atoms with E-state index in [1.54, 1.807) is 16.4 Å². The van der Waals surface area contributed by atoms with Gasteiger partial charge in [-0.25, -0.2) is 4.68 Å². The van der Waals surface area contributed by atoms with Crippen LogP contribution in [0.3, 0.4) is 0 Å². The standard InChI is InChI=1S/C18H17N3OS/c19-18-17(12-20-21(18)13-6-2-1-3-7-13)23-16-10-11-22-15-9-5-4-8-14(15)16/h1-9,12,16H,10-11,19H2. The number of ether oxygens (including phenoxy) is 1. The van der Waals surface area contributed by atoms with Crippen molar-refractivity contribution in [2.75, 3.05) is 12.3 Å². The maximum absolute atomic E-state index is 6.32. The predicted molar refractivity (Wildman–Crippen MR) is 93.1 cm³/mol. The first-order valence-electron chi connectivity index (χ1n) is 7.60. The molecule has 4 nitrogen and oxygen atoms in total. The number of hydrogen-bond donors (Lipinski definition) is 1. The van der Waals surface area contributed by atoms with Crippen LogP contribution >= 0.6 is 11.8 Å². The number of nitrogens with two attached hydrogens (primary N) is 1. The lowest BCUT2D eigenvalue weighted by Crippen LogP contribution is -2.12. The van der Waals surface area contributed by atoms with E-state index in [2.05, 4.69) is 17.2 Å². The second-order valence-corrected chi connectivity index (χ2v) is 6.67. The van der Waals surface area contributed by atoms with Crippen LogP contribution in [0.15, 0.2) is 65.7 Å². The number of hydrogen-bond acceptors (Lipinski definition) is 4. The average molecular weight is 323 g/mol. The molecule has 2 heterocycles. The van der Waals surface area contributed by atoms with Crippen LogP contribution in [-0.2, 0) is 0 Å². The Balaban J connectivity index is 1.63. The molecular formula is C18H17N3OS. The van der Waals surface area contributed by atoms with E-state index in [0.29, 0.717) is 11.1 Å². The van der Waals surface area contributed by atoms with Gasteiger partial charge in [0.15, 0.2) is 0 Å². The lowest BCUT2D eigenvalue weighted by molar-refractivity contribution is 0.286. The van der Waals surface area contributed by atoms with Crippen LogP contribution in [0.2, 0.25) is 0 Å². The van der Waals surface area contributed by atoms with Gasteiger partial charge < -0.3 is 10.5 Å². The highest BCUT2D eigenvalue weighted by Crippen LogP contribution is 2.45. The first-order valence-corrected chi connectivity index (χ1v) is 8.48. The largest absolute Gasteiger partial charge is 0.493 e. The van der Waals surface area contributed by atoms with Gasteiger partial charge >= 0.3 is 0 Å². The molecule has 0 radical (unpaired) electrons. The quantitative estimate of drug-likeness (QED) is 0.789. The van der Waals surface area contributed by atoms with Crippen LogP contribution in [-0.4, -0.2) is 16.4 Å². The topological polar surface area (TPSA) is 53.1 Å². The van der Waals surface area contributed by atoms with Gasteiger partial charge in [0.2, 0.25) is 0 Å². The lowest BCUT2D eigenvalue weighted by atomic mass is 10.1. The van der Waals surface area contributed by atoms with Crippen molar-refractivity contribution < 1.29 is 4.74 Å². The van der Waals surface area contributed by atoms with Crippen LogP contribution in [0.25, 0.3) is 5.69 Å². The first kappa shape index (κ1) is 14.2. The van der Waals surface area contributed by atoms with E-state index in [0.717, 1.165) is 29.4 Å². The molecule has 2 aromatic carbocycles. The summed E-state index contributed by atoms with van der Waals surface area (Å²) in [6.07, 6.45) is 2.82. The molecule has 116 valence electrons. The van der Waals surface area contributed by atoms with Crippen molar-refractivity contribution in [3.63, 3.8) is 0 Å². The summed E-state index contributed by atoms with van der Waals surface area (Å²) in [6.45, 7) is 0.738. The molecule has 5 heteroatoms. The molecule has 0 saturated carbocycles. The zero-order chi connectivity index (χ0) is 15.6. The molecule has 0 saturated heterocycles. The van der Waals surface area contributed by atoms with Crippen LogP contribution in [0, 0.1) is 0 Å². The van der Waals surface area contributed by atoms with Crippen LogP contribution < -0.4 is 10.5 Å². The molecule has 1 unspecified atom stereocenters. The number of thioether (sulfide) groups is 1. The van der Waals surface area contributed by atoms with E-state index < -0.39 is 0 Å². The second-order valence-electron chi connectivity index (χ2n) is 5.42. The molecule has 1 aliphatic heterocycles. The van der Waals surface area contributed by atoms with Crippen molar-refractivity contribution in [3.05, 3.63) is 66.4 Å². The highest BCUT2D eigenvalue weighted by Gasteiger charge is 2.24. The van der Waals surface area contributed by atoms with Gasteiger partial charge in [0.05, 0.1) is 23.4 Å². The van der Waals surface area contributed by atoms with Crippen molar-refractivity contribution in [2.45, 2.75) is 16.6 Å². The summed E-state index contributed by atoms with van der Waals surface area (Å²) in [4.78, 5) is 1.01. The van der Waals surface area contributed by atoms with E-state index in [4.69, 9.17) is 10.5 Å². The third-order valence-electron chi connectivity index (χ3n) is 3.94. The van der Waals surface area contributed by atoms with Gasteiger partial charge in [0.25, 0.3) is 0 Å². The number of fused-ring (bicyclic) bond motifs is 1. The van der Waals surface area contributed by atoms with Gasteiger partial charge in [-0.2, -0.15) is 5.10 Å². The van der Waals surface area contributed by atoms with Crippen molar-refractivity contribution >= 4 is 17.6 Å². The third-order valence-corrected chi connectivity index (χ3v) is 5.29. The Morgan fingerprint density at radius 2 is 1.87 bits per heavy atom. The molecule has 1 aliphatic rings. The molecule has 0 bridgehead atoms. The molecule has 0 spiro atoms. The van der Waals surface area contributed by atoms with Gasteiger partial charge in [-0.1, -0.05) is 36.4 Å². The first-order chi connectivity index (χ1) is 11.3.